The summed E-state index contributed by atoms with van der Waals surface area (Å²) in [5.41, 5.74) is 0.206. The molecule has 2 heteroatoms. The predicted molar refractivity (Wildman–Crippen MR) is 76.6 cm³/mol. The zero-order valence-electron chi connectivity index (χ0n) is 12.5. The Labute approximate surface area is 113 Å². The van der Waals surface area contributed by atoms with Gasteiger partial charge in [-0.05, 0) is 51.0 Å². The minimum Gasteiger partial charge on any atom is -0.396 e. The van der Waals surface area contributed by atoms with Gasteiger partial charge in [0.2, 0.25) is 0 Å². The van der Waals surface area contributed by atoms with Gasteiger partial charge in [0.05, 0.1) is 0 Å². The Bertz CT molecular complexity index is 258. The Morgan fingerprint density at radius 3 is 2.39 bits per heavy atom. The lowest BCUT2D eigenvalue weighted by atomic mass is 9.70. The second-order valence-electron chi connectivity index (χ2n) is 7.17. The van der Waals surface area contributed by atoms with Gasteiger partial charge in [-0.25, -0.2) is 0 Å². The molecule has 2 unspecified atom stereocenters. The van der Waals surface area contributed by atoms with Crippen LogP contribution in [0.5, 0.6) is 0 Å². The zero-order valence-corrected chi connectivity index (χ0v) is 12.5. The third-order valence-corrected chi connectivity index (χ3v) is 5.71. The van der Waals surface area contributed by atoms with Crippen molar-refractivity contribution in [3.63, 3.8) is 0 Å². The van der Waals surface area contributed by atoms with Crippen molar-refractivity contribution in [2.75, 3.05) is 19.7 Å². The molecule has 1 saturated carbocycles. The topological polar surface area (TPSA) is 23.5 Å². The van der Waals surface area contributed by atoms with Crippen molar-refractivity contribution in [3.05, 3.63) is 0 Å². The minimum atomic E-state index is 0.206. The molecule has 0 bridgehead atoms. The lowest BCUT2D eigenvalue weighted by Gasteiger charge is -2.46. The van der Waals surface area contributed by atoms with Gasteiger partial charge in [0.15, 0.2) is 0 Å². The van der Waals surface area contributed by atoms with Gasteiger partial charge < -0.3 is 5.11 Å². The summed E-state index contributed by atoms with van der Waals surface area (Å²) >= 11 is 0. The molecule has 1 aliphatic heterocycles. The van der Waals surface area contributed by atoms with Gasteiger partial charge >= 0.3 is 0 Å². The molecule has 18 heavy (non-hydrogen) atoms. The highest BCUT2D eigenvalue weighted by Gasteiger charge is 2.37. The van der Waals surface area contributed by atoms with Gasteiger partial charge in [0, 0.05) is 24.6 Å². The molecule has 2 atom stereocenters. The second kappa shape index (κ2) is 5.92. The number of rotatable bonds is 3. The first-order valence-electron chi connectivity index (χ1n) is 7.91. The molecule has 1 aliphatic carbocycles. The van der Waals surface area contributed by atoms with Crippen molar-refractivity contribution in [1.82, 2.24) is 4.90 Å². The third-order valence-electron chi connectivity index (χ3n) is 5.71. The van der Waals surface area contributed by atoms with Crippen molar-refractivity contribution in [3.8, 4) is 0 Å². The summed E-state index contributed by atoms with van der Waals surface area (Å²) in [4.78, 5) is 2.65. The van der Waals surface area contributed by atoms with E-state index in [1.54, 1.807) is 0 Å². The summed E-state index contributed by atoms with van der Waals surface area (Å²) in [6, 6.07) is 0.696. The van der Waals surface area contributed by atoms with Crippen LogP contribution in [0.2, 0.25) is 0 Å². The van der Waals surface area contributed by atoms with Crippen LogP contribution >= 0.6 is 0 Å². The maximum absolute atomic E-state index is 9.88. The van der Waals surface area contributed by atoms with E-state index in [1.807, 2.05) is 0 Å². The van der Waals surface area contributed by atoms with Gasteiger partial charge in [-0.15, -0.1) is 0 Å². The van der Waals surface area contributed by atoms with E-state index < -0.39 is 0 Å². The van der Waals surface area contributed by atoms with Gasteiger partial charge in [-0.1, -0.05) is 26.7 Å². The first kappa shape index (κ1) is 14.3. The summed E-state index contributed by atoms with van der Waals surface area (Å²) in [7, 11) is 0. The van der Waals surface area contributed by atoms with Gasteiger partial charge in [-0.2, -0.15) is 0 Å². The SMILES string of the molecule is CC1CCC(CO)(CN2CCCC(C)C2C)CC1. The van der Waals surface area contributed by atoms with Crippen molar-refractivity contribution in [2.45, 2.75) is 65.3 Å². The highest BCUT2D eigenvalue weighted by molar-refractivity contribution is 4.90. The van der Waals surface area contributed by atoms with Crippen molar-refractivity contribution in [1.29, 1.82) is 0 Å². The second-order valence-corrected chi connectivity index (χ2v) is 7.17. The van der Waals surface area contributed by atoms with Crippen LogP contribution in [0.3, 0.4) is 0 Å². The normalized spacial score (nSPS) is 43.0. The Morgan fingerprint density at radius 2 is 1.78 bits per heavy atom. The fraction of sp³-hybridized carbons (Fsp3) is 1.00. The molecule has 0 radical (unpaired) electrons. The molecular formula is C16H31NO. The Kier molecular flexibility index (Phi) is 4.71. The molecule has 2 rings (SSSR count). The van der Waals surface area contributed by atoms with E-state index in [9.17, 15) is 5.11 Å². The van der Waals surface area contributed by atoms with Crippen LogP contribution in [-0.4, -0.2) is 35.7 Å². The maximum atomic E-state index is 9.88. The Balaban J connectivity index is 1.97. The van der Waals surface area contributed by atoms with Crippen LogP contribution in [0, 0.1) is 17.3 Å². The molecule has 2 aliphatic rings. The molecule has 1 saturated heterocycles. The van der Waals surface area contributed by atoms with E-state index >= 15 is 0 Å². The molecule has 0 amide bonds. The van der Waals surface area contributed by atoms with E-state index in [0.29, 0.717) is 12.6 Å². The fourth-order valence-electron chi connectivity index (χ4n) is 3.82. The molecule has 0 spiro atoms. The molecule has 1 N–H and O–H groups in total. The lowest BCUT2D eigenvalue weighted by Crippen LogP contribution is -2.50. The van der Waals surface area contributed by atoms with E-state index in [2.05, 4.69) is 25.7 Å². The number of hydrogen-bond acceptors (Lipinski definition) is 2. The van der Waals surface area contributed by atoms with E-state index in [1.165, 1.54) is 45.1 Å². The monoisotopic (exact) mass is 253 g/mol. The first-order valence-corrected chi connectivity index (χ1v) is 7.91. The smallest absolute Gasteiger partial charge is 0.0499 e. The van der Waals surface area contributed by atoms with Gasteiger partial charge in [0.25, 0.3) is 0 Å². The number of aliphatic hydroxyl groups is 1. The van der Waals surface area contributed by atoms with Crippen LogP contribution < -0.4 is 0 Å². The van der Waals surface area contributed by atoms with Crippen molar-refractivity contribution < 1.29 is 5.11 Å². The summed E-state index contributed by atoms with van der Waals surface area (Å²) in [6.07, 6.45) is 7.77. The molecule has 0 aromatic rings. The largest absolute Gasteiger partial charge is 0.396 e. The van der Waals surface area contributed by atoms with E-state index in [-0.39, 0.29) is 5.41 Å². The van der Waals surface area contributed by atoms with Crippen LogP contribution in [0.4, 0.5) is 0 Å². The number of aliphatic hydroxyl groups excluding tert-OH is 1. The average Bonchev–Trinajstić information content (AvgIpc) is 2.38. The average molecular weight is 253 g/mol. The Morgan fingerprint density at radius 1 is 1.11 bits per heavy atom. The summed E-state index contributed by atoms with van der Waals surface area (Å²) in [5.74, 6) is 1.68. The molecule has 2 nitrogen and oxygen atoms in total. The first-order chi connectivity index (χ1) is 8.56. The molecule has 2 fully saturated rings. The minimum absolute atomic E-state index is 0.206. The predicted octanol–water partition coefficient (Wildman–Crippen LogP) is 3.30. The maximum Gasteiger partial charge on any atom is 0.0499 e. The highest BCUT2D eigenvalue weighted by atomic mass is 16.3. The van der Waals surface area contributed by atoms with E-state index in [0.717, 1.165) is 18.4 Å². The van der Waals surface area contributed by atoms with Gasteiger partial charge in [0.1, 0.15) is 0 Å². The van der Waals surface area contributed by atoms with Crippen LogP contribution in [0.15, 0.2) is 0 Å². The Hall–Kier alpha value is -0.0800. The molecule has 0 aromatic carbocycles. The number of hydrogen-bond donors (Lipinski definition) is 1. The summed E-state index contributed by atoms with van der Waals surface area (Å²) < 4.78 is 0. The third kappa shape index (κ3) is 3.08. The van der Waals surface area contributed by atoms with Crippen LogP contribution in [-0.2, 0) is 0 Å². The number of piperidine rings is 1. The molecule has 1 heterocycles. The number of nitrogens with zero attached hydrogens (tertiary/aromatic N) is 1. The summed E-state index contributed by atoms with van der Waals surface area (Å²) in [6.45, 7) is 9.86. The highest BCUT2D eigenvalue weighted by Crippen LogP contribution is 2.40. The van der Waals surface area contributed by atoms with E-state index in [4.69, 9.17) is 0 Å². The molecule has 106 valence electrons. The number of likely N-dealkylation sites (tertiary alicyclic amines) is 1. The summed E-state index contributed by atoms with van der Waals surface area (Å²) in [5, 5.41) is 9.88. The molecular weight excluding hydrogens is 222 g/mol. The fourth-order valence-corrected chi connectivity index (χ4v) is 3.82. The van der Waals surface area contributed by atoms with Crippen molar-refractivity contribution >= 4 is 0 Å². The standard InChI is InChI=1S/C16H31NO/c1-13-6-8-16(12-18,9-7-13)11-17-10-4-5-14(2)15(17)3/h13-15,18H,4-12H2,1-3H3. The van der Waals surface area contributed by atoms with Crippen molar-refractivity contribution in [2.24, 2.45) is 17.3 Å². The zero-order chi connectivity index (χ0) is 13.2. The van der Waals surface area contributed by atoms with Crippen LogP contribution in [0.25, 0.3) is 0 Å². The lowest BCUT2D eigenvalue weighted by molar-refractivity contribution is -0.00213. The molecule has 0 aromatic heterocycles. The quantitative estimate of drug-likeness (QED) is 0.834. The van der Waals surface area contributed by atoms with Gasteiger partial charge in [-0.3, -0.25) is 4.90 Å². The van der Waals surface area contributed by atoms with Crippen LogP contribution in [0.1, 0.15) is 59.3 Å².